The zero-order valence-corrected chi connectivity index (χ0v) is 9.25. The molecule has 0 radical (unpaired) electrons. The molecule has 2 N–H and O–H groups in total. The van der Waals surface area contributed by atoms with Gasteiger partial charge in [0.15, 0.2) is 0 Å². The minimum absolute atomic E-state index is 0.194. The van der Waals surface area contributed by atoms with Gasteiger partial charge in [-0.1, -0.05) is 18.9 Å². The molecule has 1 aliphatic rings. The highest BCUT2D eigenvalue weighted by atomic mass is 31.0. The first-order chi connectivity index (χ1) is 6.62. The van der Waals surface area contributed by atoms with E-state index in [0.29, 0.717) is 0 Å². The predicted octanol–water partition coefficient (Wildman–Crippen LogP) is 2.05. The average Bonchev–Trinajstić information content (AvgIpc) is 2.52. The third-order valence-corrected chi connectivity index (χ3v) is 3.52. The fourth-order valence-corrected chi connectivity index (χ4v) is 2.81. The summed E-state index contributed by atoms with van der Waals surface area (Å²) in [5, 5.41) is 0.898. The van der Waals surface area contributed by atoms with Crippen LogP contribution in [-0.2, 0) is 5.54 Å². The van der Waals surface area contributed by atoms with Crippen molar-refractivity contribution < 1.29 is 4.39 Å². The highest BCUT2D eigenvalue weighted by Crippen LogP contribution is 2.35. The Morgan fingerprint density at radius 3 is 2.50 bits per heavy atom. The van der Waals surface area contributed by atoms with Crippen LogP contribution in [-0.4, -0.2) is 0 Å². The first-order valence-corrected chi connectivity index (χ1v) is 5.54. The summed E-state index contributed by atoms with van der Waals surface area (Å²) in [5.41, 5.74) is 7.16. The molecule has 1 aromatic rings. The van der Waals surface area contributed by atoms with Gasteiger partial charge in [-0.25, -0.2) is 4.39 Å². The molecule has 0 spiro atoms. The Morgan fingerprint density at radius 2 is 1.93 bits per heavy atom. The summed E-state index contributed by atoms with van der Waals surface area (Å²) in [7, 11) is 2.57. The van der Waals surface area contributed by atoms with E-state index in [1.807, 2.05) is 6.07 Å². The molecule has 1 aromatic carbocycles. The fourth-order valence-electron chi connectivity index (χ4n) is 2.26. The molecule has 1 fully saturated rings. The molecular weight excluding hydrogens is 196 g/mol. The summed E-state index contributed by atoms with van der Waals surface area (Å²) < 4.78 is 12.9. The maximum absolute atomic E-state index is 12.9. The number of nitrogens with two attached hydrogens (primary N) is 1. The smallest absolute Gasteiger partial charge is 0.123 e. The van der Waals surface area contributed by atoms with Crippen molar-refractivity contribution in [1.29, 1.82) is 0 Å². The van der Waals surface area contributed by atoms with Gasteiger partial charge in [0.2, 0.25) is 0 Å². The minimum Gasteiger partial charge on any atom is -0.321 e. The first kappa shape index (κ1) is 10.1. The van der Waals surface area contributed by atoms with E-state index in [9.17, 15) is 4.39 Å². The maximum atomic E-state index is 12.9. The van der Waals surface area contributed by atoms with Crippen molar-refractivity contribution in [3.63, 3.8) is 0 Å². The van der Waals surface area contributed by atoms with Gasteiger partial charge in [0.25, 0.3) is 0 Å². The Morgan fingerprint density at radius 1 is 1.29 bits per heavy atom. The third kappa shape index (κ3) is 1.69. The maximum Gasteiger partial charge on any atom is 0.123 e. The monoisotopic (exact) mass is 211 g/mol. The van der Waals surface area contributed by atoms with Gasteiger partial charge in [-0.05, 0) is 35.8 Å². The summed E-state index contributed by atoms with van der Waals surface area (Å²) in [6.07, 6.45) is 4.38. The second kappa shape index (κ2) is 3.60. The summed E-state index contributed by atoms with van der Waals surface area (Å²) >= 11 is 0. The van der Waals surface area contributed by atoms with Gasteiger partial charge in [-0.3, -0.25) is 0 Å². The Labute approximate surface area is 86.1 Å². The highest BCUT2D eigenvalue weighted by Gasteiger charge is 2.32. The van der Waals surface area contributed by atoms with Gasteiger partial charge in [0.1, 0.15) is 5.82 Å². The molecule has 1 nitrogen and oxygen atoms in total. The molecule has 0 aliphatic heterocycles. The SMILES string of the molecule is NC1(c2ccc(F)cc2P)CCCC1. The molecule has 0 bridgehead atoms. The van der Waals surface area contributed by atoms with Gasteiger partial charge in [-0.15, -0.1) is 9.24 Å². The lowest BCUT2D eigenvalue weighted by molar-refractivity contribution is 0.464. The summed E-state index contributed by atoms with van der Waals surface area (Å²) in [6.45, 7) is 0. The zero-order valence-electron chi connectivity index (χ0n) is 8.09. The Hall–Kier alpha value is -0.460. The molecule has 0 aromatic heterocycles. The first-order valence-electron chi connectivity index (χ1n) is 4.96. The second-order valence-electron chi connectivity index (χ2n) is 4.09. The highest BCUT2D eigenvalue weighted by molar-refractivity contribution is 7.27. The van der Waals surface area contributed by atoms with Crippen LogP contribution in [0.3, 0.4) is 0 Å². The van der Waals surface area contributed by atoms with Crippen molar-refractivity contribution in [2.45, 2.75) is 31.2 Å². The second-order valence-corrected chi connectivity index (χ2v) is 4.72. The number of benzene rings is 1. The molecule has 1 aliphatic carbocycles. The van der Waals surface area contributed by atoms with Crippen LogP contribution in [0.15, 0.2) is 18.2 Å². The molecule has 14 heavy (non-hydrogen) atoms. The molecule has 0 saturated heterocycles. The van der Waals surface area contributed by atoms with E-state index in [4.69, 9.17) is 5.73 Å². The van der Waals surface area contributed by atoms with E-state index in [1.165, 1.54) is 25.0 Å². The summed E-state index contributed by atoms with van der Waals surface area (Å²) in [5.74, 6) is -0.194. The Balaban J connectivity index is 2.40. The number of hydrogen-bond donors (Lipinski definition) is 1. The molecular formula is C11H15FNP. The van der Waals surface area contributed by atoms with Gasteiger partial charge >= 0.3 is 0 Å². The topological polar surface area (TPSA) is 26.0 Å². The van der Waals surface area contributed by atoms with Gasteiger partial charge in [-0.2, -0.15) is 0 Å². The summed E-state index contributed by atoms with van der Waals surface area (Å²) in [6, 6.07) is 4.85. The third-order valence-electron chi connectivity index (χ3n) is 3.05. The van der Waals surface area contributed by atoms with Crippen molar-refractivity contribution in [1.82, 2.24) is 0 Å². The van der Waals surface area contributed by atoms with Crippen molar-refractivity contribution in [2.75, 3.05) is 0 Å². The lowest BCUT2D eigenvalue weighted by atomic mass is 9.89. The number of halogens is 1. The van der Waals surface area contributed by atoms with Gasteiger partial charge < -0.3 is 5.73 Å². The number of hydrogen-bond acceptors (Lipinski definition) is 1. The van der Waals surface area contributed by atoms with E-state index in [0.717, 1.165) is 23.7 Å². The van der Waals surface area contributed by atoms with Crippen LogP contribution >= 0.6 is 9.24 Å². The van der Waals surface area contributed by atoms with Crippen LogP contribution in [0.2, 0.25) is 0 Å². The van der Waals surface area contributed by atoms with Crippen LogP contribution in [0.1, 0.15) is 31.2 Å². The van der Waals surface area contributed by atoms with Crippen LogP contribution in [0, 0.1) is 5.82 Å². The Bertz CT molecular complexity index is 345. The van der Waals surface area contributed by atoms with Crippen molar-refractivity contribution in [3.8, 4) is 0 Å². The normalized spacial score (nSPS) is 19.9. The molecule has 1 unspecified atom stereocenters. The van der Waals surface area contributed by atoms with Crippen LogP contribution in [0.5, 0.6) is 0 Å². The van der Waals surface area contributed by atoms with Crippen LogP contribution in [0.25, 0.3) is 0 Å². The van der Waals surface area contributed by atoms with Crippen LogP contribution < -0.4 is 11.0 Å². The molecule has 0 amide bonds. The molecule has 76 valence electrons. The zero-order chi connectivity index (χ0) is 10.2. The predicted molar refractivity (Wildman–Crippen MR) is 60.1 cm³/mol. The average molecular weight is 211 g/mol. The molecule has 3 heteroatoms. The van der Waals surface area contributed by atoms with Crippen molar-refractivity contribution in [2.24, 2.45) is 5.73 Å². The van der Waals surface area contributed by atoms with Crippen molar-refractivity contribution >= 4 is 14.5 Å². The molecule has 1 saturated carbocycles. The molecule has 1 atom stereocenters. The lowest BCUT2D eigenvalue weighted by Crippen LogP contribution is -2.36. The fraction of sp³-hybridized carbons (Fsp3) is 0.455. The quantitative estimate of drug-likeness (QED) is 0.707. The standard InChI is InChI=1S/C11H15FNP/c12-8-3-4-9(10(14)7-8)11(13)5-1-2-6-11/h3-4,7H,1-2,5-6,13-14H2. The van der Waals surface area contributed by atoms with E-state index in [1.54, 1.807) is 0 Å². The van der Waals surface area contributed by atoms with E-state index in [2.05, 4.69) is 9.24 Å². The summed E-state index contributed by atoms with van der Waals surface area (Å²) in [4.78, 5) is 0. The van der Waals surface area contributed by atoms with E-state index in [-0.39, 0.29) is 11.4 Å². The van der Waals surface area contributed by atoms with Crippen molar-refractivity contribution in [3.05, 3.63) is 29.6 Å². The molecule has 0 heterocycles. The van der Waals surface area contributed by atoms with E-state index >= 15 is 0 Å². The number of rotatable bonds is 1. The Kier molecular flexibility index (Phi) is 2.59. The molecule has 2 rings (SSSR count). The van der Waals surface area contributed by atoms with E-state index < -0.39 is 0 Å². The van der Waals surface area contributed by atoms with Crippen LogP contribution in [0.4, 0.5) is 4.39 Å². The largest absolute Gasteiger partial charge is 0.321 e. The van der Waals surface area contributed by atoms with Gasteiger partial charge in [0.05, 0.1) is 0 Å². The lowest BCUT2D eigenvalue weighted by Gasteiger charge is -2.25. The van der Waals surface area contributed by atoms with Gasteiger partial charge in [0, 0.05) is 5.54 Å². The minimum atomic E-state index is -0.217.